The minimum Gasteiger partial charge on any atom is -0.757 e. The minimum atomic E-state index is -0.403. The van der Waals surface area contributed by atoms with Crippen LogP contribution in [0, 0.1) is 5.21 Å². The molecule has 0 radical (unpaired) electrons. The van der Waals surface area contributed by atoms with Gasteiger partial charge in [0.05, 0.1) is 0 Å². The molecule has 4 heteroatoms. The lowest BCUT2D eigenvalue weighted by Crippen LogP contribution is -2.37. The molecule has 0 bridgehead atoms. The standard InChI is InChI=1S/C9H12N3O/c1-8(11-10-2)12(13)9-6-4-3-5-7-9/h3-8,11H,2H2,1H3/q-1. The monoisotopic (exact) mass is 178 g/mol. The van der Waals surface area contributed by atoms with Crippen molar-refractivity contribution in [3.63, 3.8) is 0 Å². The SMILES string of the molecule is C=NNC(C)N([O-])c1ccccc1. The van der Waals surface area contributed by atoms with Gasteiger partial charge in [-0.05, 0) is 19.1 Å². The van der Waals surface area contributed by atoms with Gasteiger partial charge in [-0.3, -0.25) is 5.43 Å². The number of nitrogens with one attached hydrogen (secondary N) is 1. The average Bonchev–Trinajstić information content (AvgIpc) is 2.18. The molecular weight excluding hydrogens is 166 g/mol. The molecule has 0 saturated carbocycles. The molecule has 0 aliphatic carbocycles. The molecule has 1 unspecified atom stereocenters. The van der Waals surface area contributed by atoms with Crippen LogP contribution >= 0.6 is 0 Å². The topological polar surface area (TPSA) is 50.7 Å². The first-order chi connectivity index (χ1) is 6.25. The van der Waals surface area contributed by atoms with Crippen LogP contribution < -0.4 is 10.5 Å². The molecule has 0 amide bonds. The van der Waals surface area contributed by atoms with E-state index >= 15 is 0 Å². The van der Waals surface area contributed by atoms with E-state index in [0.29, 0.717) is 5.69 Å². The van der Waals surface area contributed by atoms with E-state index in [0.717, 1.165) is 5.06 Å². The number of hydrogen-bond donors (Lipinski definition) is 1. The largest absolute Gasteiger partial charge is 0.757 e. The summed E-state index contributed by atoms with van der Waals surface area (Å²) < 4.78 is 0. The molecule has 1 aromatic rings. The Hall–Kier alpha value is -1.55. The predicted octanol–water partition coefficient (Wildman–Crippen LogP) is 1.54. The molecule has 0 fully saturated rings. The van der Waals surface area contributed by atoms with E-state index in [2.05, 4.69) is 17.2 Å². The van der Waals surface area contributed by atoms with Gasteiger partial charge >= 0.3 is 0 Å². The number of hydrazone groups is 1. The van der Waals surface area contributed by atoms with Gasteiger partial charge in [0.25, 0.3) is 0 Å². The van der Waals surface area contributed by atoms with Crippen molar-refractivity contribution in [1.82, 2.24) is 5.43 Å². The smallest absolute Gasteiger partial charge is 0.102 e. The van der Waals surface area contributed by atoms with Gasteiger partial charge < -0.3 is 10.3 Å². The molecule has 1 rings (SSSR count). The summed E-state index contributed by atoms with van der Waals surface area (Å²) in [5, 5.41) is 15.8. The third-order valence-electron chi connectivity index (χ3n) is 1.64. The number of hydrogen-bond acceptors (Lipinski definition) is 4. The van der Waals surface area contributed by atoms with E-state index in [1.165, 1.54) is 0 Å². The van der Waals surface area contributed by atoms with Crippen molar-refractivity contribution in [3.05, 3.63) is 35.5 Å². The fourth-order valence-corrected chi connectivity index (χ4v) is 0.983. The van der Waals surface area contributed by atoms with Crippen LogP contribution in [0.5, 0.6) is 0 Å². The number of hydroxylamine groups is 1. The highest BCUT2D eigenvalue weighted by Gasteiger charge is 2.01. The van der Waals surface area contributed by atoms with Crippen LogP contribution in [0.25, 0.3) is 0 Å². The Bertz CT molecular complexity index is 263. The summed E-state index contributed by atoms with van der Waals surface area (Å²) in [6.45, 7) is 4.97. The molecule has 0 aromatic heterocycles. The zero-order valence-corrected chi connectivity index (χ0v) is 7.47. The van der Waals surface area contributed by atoms with E-state index in [1.807, 2.05) is 18.2 Å². The second-order valence-corrected chi connectivity index (χ2v) is 2.62. The highest BCUT2D eigenvalue weighted by molar-refractivity contribution is 5.47. The maximum absolute atomic E-state index is 11.5. The third kappa shape index (κ3) is 2.45. The molecule has 0 saturated heterocycles. The van der Waals surface area contributed by atoms with Crippen LogP contribution in [0.1, 0.15) is 6.92 Å². The zero-order chi connectivity index (χ0) is 9.68. The average molecular weight is 178 g/mol. The molecule has 0 heterocycles. The Morgan fingerprint density at radius 1 is 1.46 bits per heavy atom. The molecule has 4 nitrogen and oxygen atoms in total. The summed E-state index contributed by atoms with van der Waals surface area (Å²) in [5.74, 6) is 0. The fraction of sp³-hybridized carbons (Fsp3) is 0.222. The number of nitrogens with zero attached hydrogens (tertiary/aromatic N) is 2. The van der Waals surface area contributed by atoms with Gasteiger partial charge in [-0.2, -0.15) is 5.10 Å². The van der Waals surface area contributed by atoms with E-state index in [-0.39, 0.29) is 0 Å². The van der Waals surface area contributed by atoms with Gasteiger partial charge in [0.2, 0.25) is 0 Å². The van der Waals surface area contributed by atoms with E-state index in [9.17, 15) is 5.21 Å². The van der Waals surface area contributed by atoms with E-state index in [1.54, 1.807) is 19.1 Å². The molecule has 0 aliphatic rings. The van der Waals surface area contributed by atoms with Gasteiger partial charge in [0.15, 0.2) is 0 Å². The Kier molecular flexibility index (Phi) is 3.28. The Balaban J connectivity index is 2.67. The summed E-state index contributed by atoms with van der Waals surface area (Å²) in [5.41, 5.74) is 3.17. The normalized spacial score (nSPS) is 11.8. The Labute approximate surface area is 77.4 Å². The highest BCUT2D eigenvalue weighted by Crippen LogP contribution is 2.13. The van der Waals surface area contributed by atoms with Crippen molar-refractivity contribution in [2.45, 2.75) is 13.1 Å². The summed E-state index contributed by atoms with van der Waals surface area (Å²) in [6.07, 6.45) is -0.403. The van der Waals surface area contributed by atoms with Crippen molar-refractivity contribution in [3.8, 4) is 0 Å². The van der Waals surface area contributed by atoms with Crippen molar-refractivity contribution in [2.75, 3.05) is 5.06 Å². The summed E-state index contributed by atoms with van der Waals surface area (Å²) >= 11 is 0. The lowest BCUT2D eigenvalue weighted by molar-refractivity contribution is 0.581. The van der Waals surface area contributed by atoms with Crippen LogP contribution in [0.3, 0.4) is 0 Å². The lowest BCUT2D eigenvalue weighted by Gasteiger charge is -2.36. The van der Waals surface area contributed by atoms with Crippen LogP contribution in [0.15, 0.2) is 35.4 Å². The maximum Gasteiger partial charge on any atom is 0.102 e. The number of rotatable bonds is 4. The molecule has 1 N–H and O–H groups in total. The van der Waals surface area contributed by atoms with Gasteiger partial charge in [0.1, 0.15) is 6.17 Å². The molecular formula is C9H12N3O-. The maximum atomic E-state index is 11.5. The van der Waals surface area contributed by atoms with Crippen LogP contribution in [-0.4, -0.2) is 12.9 Å². The summed E-state index contributed by atoms with van der Waals surface area (Å²) in [6, 6.07) is 8.98. The molecule has 70 valence electrons. The second kappa shape index (κ2) is 4.47. The Morgan fingerprint density at radius 2 is 2.08 bits per heavy atom. The van der Waals surface area contributed by atoms with E-state index < -0.39 is 6.17 Å². The predicted molar refractivity (Wildman–Crippen MR) is 54.4 cm³/mol. The first-order valence-electron chi connectivity index (χ1n) is 3.98. The fourth-order valence-electron chi connectivity index (χ4n) is 0.983. The Morgan fingerprint density at radius 3 is 2.62 bits per heavy atom. The summed E-state index contributed by atoms with van der Waals surface area (Å²) in [7, 11) is 0. The number of benzene rings is 1. The highest BCUT2D eigenvalue weighted by atomic mass is 16.5. The lowest BCUT2D eigenvalue weighted by atomic mass is 10.3. The zero-order valence-electron chi connectivity index (χ0n) is 7.47. The van der Waals surface area contributed by atoms with Gasteiger partial charge in [-0.15, -0.1) is 0 Å². The molecule has 13 heavy (non-hydrogen) atoms. The van der Waals surface area contributed by atoms with E-state index in [4.69, 9.17) is 0 Å². The van der Waals surface area contributed by atoms with Crippen LogP contribution in [0.4, 0.5) is 5.69 Å². The second-order valence-electron chi connectivity index (χ2n) is 2.62. The quantitative estimate of drug-likeness (QED) is 0.432. The molecule has 1 aromatic carbocycles. The molecule has 1 atom stereocenters. The molecule has 0 spiro atoms. The third-order valence-corrected chi connectivity index (χ3v) is 1.64. The van der Waals surface area contributed by atoms with Gasteiger partial charge in [-0.25, -0.2) is 0 Å². The van der Waals surface area contributed by atoms with Crippen LogP contribution in [0.2, 0.25) is 0 Å². The number of para-hydroxylation sites is 1. The summed E-state index contributed by atoms with van der Waals surface area (Å²) in [4.78, 5) is 0. The van der Waals surface area contributed by atoms with Crippen molar-refractivity contribution in [2.24, 2.45) is 5.10 Å². The van der Waals surface area contributed by atoms with Gasteiger partial charge in [-0.1, -0.05) is 18.2 Å². The minimum absolute atomic E-state index is 0.403. The number of anilines is 1. The first-order valence-corrected chi connectivity index (χ1v) is 3.98. The van der Waals surface area contributed by atoms with Gasteiger partial charge in [0, 0.05) is 12.4 Å². The first kappa shape index (κ1) is 9.54. The van der Waals surface area contributed by atoms with Crippen LogP contribution in [-0.2, 0) is 0 Å². The van der Waals surface area contributed by atoms with Crippen molar-refractivity contribution < 1.29 is 0 Å². The molecule has 0 aliphatic heterocycles. The van der Waals surface area contributed by atoms with Crippen molar-refractivity contribution >= 4 is 12.4 Å². The van der Waals surface area contributed by atoms with Crippen molar-refractivity contribution in [1.29, 1.82) is 0 Å².